The van der Waals surface area contributed by atoms with Gasteiger partial charge in [-0.05, 0) is 28.1 Å². The second-order valence-corrected chi connectivity index (χ2v) is 5.36. The van der Waals surface area contributed by atoms with Gasteiger partial charge >= 0.3 is 0 Å². The molecule has 0 amide bonds. The summed E-state index contributed by atoms with van der Waals surface area (Å²) in [7, 11) is 0. The van der Waals surface area contributed by atoms with Crippen LogP contribution in [0.1, 0.15) is 17.2 Å². The Labute approximate surface area is 131 Å². The summed E-state index contributed by atoms with van der Waals surface area (Å²) in [5.74, 6) is -0.00236. The Hall–Kier alpha value is -1.15. The van der Waals surface area contributed by atoms with Crippen LogP contribution in [0.4, 0.5) is 17.6 Å². The molecule has 0 aliphatic carbocycles. The first-order valence-electron chi connectivity index (χ1n) is 5.61. The van der Waals surface area contributed by atoms with E-state index >= 15 is 0 Å². The molecular formula is C13H8BrClF4N2. The molecule has 0 aliphatic heterocycles. The topological polar surface area (TPSA) is 38.0 Å². The molecule has 3 N–H and O–H groups in total. The smallest absolute Gasteiger partial charge is 0.194 e. The molecule has 2 nitrogen and oxygen atoms in total. The number of nitrogens with one attached hydrogen (secondary N) is 1. The van der Waals surface area contributed by atoms with E-state index in [1.807, 2.05) is 0 Å². The van der Waals surface area contributed by atoms with E-state index in [9.17, 15) is 17.6 Å². The highest BCUT2D eigenvalue weighted by molar-refractivity contribution is 9.10. The van der Waals surface area contributed by atoms with Crippen LogP contribution in [0.2, 0.25) is 5.02 Å². The van der Waals surface area contributed by atoms with Crippen molar-refractivity contribution in [2.24, 2.45) is 5.84 Å². The number of hydrazine groups is 1. The van der Waals surface area contributed by atoms with Crippen molar-refractivity contribution in [3.05, 3.63) is 68.2 Å². The average Bonchev–Trinajstić information content (AvgIpc) is 2.47. The molecule has 1 atom stereocenters. The molecule has 0 fully saturated rings. The number of halogens is 6. The summed E-state index contributed by atoms with van der Waals surface area (Å²) in [4.78, 5) is 0. The third-order valence-electron chi connectivity index (χ3n) is 2.92. The van der Waals surface area contributed by atoms with Gasteiger partial charge < -0.3 is 0 Å². The molecule has 2 aromatic rings. The summed E-state index contributed by atoms with van der Waals surface area (Å²) in [5, 5.41) is -0.226. The molecule has 112 valence electrons. The third kappa shape index (κ3) is 2.91. The lowest BCUT2D eigenvalue weighted by molar-refractivity contribution is 0.431. The molecule has 0 radical (unpaired) electrons. The van der Waals surface area contributed by atoms with Gasteiger partial charge in [0, 0.05) is 15.6 Å². The minimum Gasteiger partial charge on any atom is -0.271 e. The van der Waals surface area contributed by atoms with Crippen molar-refractivity contribution < 1.29 is 17.6 Å². The van der Waals surface area contributed by atoms with Crippen molar-refractivity contribution in [2.75, 3.05) is 0 Å². The lowest BCUT2D eigenvalue weighted by Crippen LogP contribution is -2.30. The molecule has 0 aromatic heterocycles. The van der Waals surface area contributed by atoms with Gasteiger partial charge in [0.05, 0.1) is 11.1 Å². The Morgan fingerprint density at radius 3 is 2.14 bits per heavy atom. The molecule has 2 rings (SSSR count). The van der Waals surface area contributed by atoms with Gasteiger partial charge in [-0.1, -0.05) is 23.7 Å². The number of hydrogen-bond acceptors (Lipinski definition) is 2. The van der Waals surface area contributed by atoms with Crippen LogP contribution >= 0.6 is 27.5 Å². The highest BCUT2D eigenvalue weighted by Crippen LogP contribution is 2.34. The molecule has 21 heavy (non-hydrogen) atoms. The van der Waals surface area contributed by atoms with Crippen LogP contribution < -0.4 is 11.3 Å². The van der Waals surface area contributed by atoms with Crippen LogP contribution in [0, 0.1) is 23.3 Å². The summed E-state index contributed by atoms with van der Waals surface area (Å²) >= 11 is 8.79. The third-order valence-corrected chi connectivity index (χ3v) is 4.18. The minimum absolute atomic E-state index is 0.101. The van der Waals surface area contributed by atoms with E-state index in [1.54, 1.807) is 0 Å². The van der Waals surface area contributed by atoms with E-state index < -0.39 is 29.3 Å². The van der Waals surface area contributed by atoms with Crippen LogP contribution in [0.25, 0.3) is 0 Å². The molecular weight excluding hydrogens is 376 g/mol. The first kappa shape index (κ1) is 16.2. The molecule has 0 saturated carbocycles. The minimum atomic E-state index is -1.66. The molecule has 8 heteroatoms. The molecule has 0 spiro atoms. The molecule has 0 heterocycles. The second-order valence-electron chi connectivity index (χ2n) is 4.13. The van der Waals surface area contributed by atoms with Gasteiger partial charge in [0.1, 0.15) is 5.82 Å². The van der Waals surface area contributed by atoms with Gasteiger partial charge in [0.2, 0.25) is 0 Å². The summed E-state index contributed by atoms with van der Waals surface area (Å²) in [6.45, 7) is 0. The largest absolute Gasteiger partial charge is 0.271 e. The zero-order valence-electron chi connectivity index (χ0n) is 10.2. The average molecular weight is 384 g/mol. The van der Waals surface area contributed by atoms with Gasteiger partial charge in [-0.3, -0.25) is 5.84 Å². The lowest BCUT2D eigenvalue weighted by Gasteiger charge is -2.19. The SMILES string of the molecule is NNC(c1ccc(F)c(F)c1F)c1ccc(Br)c(Cl)c1F. The van der Waals surface area contributed by atoms with Crippen molar-refractivity contribution in [1.29, 1.82) is 0 Å². The van der Waals surface area contributed by atoms with Crippen molar-refractivity contribution >= 4 is 27.5 Å². The zero-order valence-corrected chi connectivity index (χ0v) is 12.6. The maximum atomic E-state index is 14.1. The highest BCUT2D eigenvalue weighted by Gasteiger charge is 2.25. The van der Waals surface area contributed by atoms with Crippen molar-refractivity contribution in [2.45, 2.75) is 6.04 Å². The van der Waals surface area contributed by atoms with Crippen molar-refractivity contribution in [3.8, 4) is 0 Å². The van der Waals surface area contributed by atoms with Crippen LogP contribution in [0.3, 0.4) is 0 Å². The Morgan fingerprint density at radius 2 is 1.52 bits per heavy atom. The van der Waals surface area contributed by atoms with Crippen molar-refractivity contribution in [3.63, 3.8) is 0 Å². The Bertz CT molecular complexity index is 639. The first-order valence-corrected chi connectivity index (χ1v) is 6.78. The van der Waals surface area contributed by atoms with E-state index in [4.69, 9.17) is 17.4 Å². The molecule has 0 saturated heterocycles. The van der Waals surface area contributed by atoms with Gasteiger partial charge in [-0.2, -0.15) is 0 Å². The summed E-state index contributed by atoms with van der Waals surface area (Å²) in [6.07, 6.45) is 0. The Morgan fingerprint density at radius 1 is 0.952 bits per heavy atom. The van der Waals surface area contributed by atoms with E-state index in [0.29, 0.717) is 4.47 Å². The monoisotopic (exact) mass is 382 g/mol. The second kappa shape index (κ2) is 6.31. The molecule has 1 unspecified atom stereocenters. The summed E-state index contributed by atoms with van der Waals surface area (Å²) in [5.41, 5.74) is 1.73. The fraction of sp³-hybridized carbons (Fsp3) is 0.0769. The van der Waals surface area contributed by atoms with Crippen molar-refractivity contribution in [1.82, 2.24) is 5.43 Å². The Kier molecular flexibility index (Phi) is 4.88. The Balaban J connectivity index is 2.61. The standard InChI is InChI=1S/C13H8BrClF4N2/c14-7-3-1-5(10(17)9(7)15)13(21-20)6-2-4-8(16)12(19)11(6)18/h1-4,13,21H,20H2. The fourth-order valence-electron chi connectivity index (χ4n) is 1.87. The number of benzene rings is 2. The molecule has 0 aliphatic rings. The number of nitrogens with two attached hydrogens (primary N) is 1. The first-order chi connectivity index (χ1) is 9.88. The van der Waals surface area contributed by atoms with E-state index in [1.165, 1.54) is 12.1 Å². The molecule has 2 aromatic carbocycles. The van der Waals surface area contributed by atoms with E-state index in [-0.39, 0.29) is 16.1 Å². The zero-order chi connectivity index (χ0) is 15.7. The highest BCUT2D eigenvalue weighted by atomic mass is 79.9. The van der Waals surface area contributed by atoms with Crippen LogP contribution in [0.5, 0.6) is 0 Å². The van der Waals surface area contributed by atoms with E-state index in [2.05, 4.69) is 21.4 Å². The normalized spacial score (nSPS) is 12.5. The van der Waals surface area contributed by atoms with Gasteiger partial charge in [0.25, 0.3) is 0 Å². The van der Waals surface area contributed by atoms with Gasteiger partial charge in [-0.15, -0.1) is 0 Å². The predicted octanol–water partition coefficient (Wildman–Crippen LogP) is 4.21. The molecule has 0 bridgehead atoms. The predicted molar refractivity (Wildman–Crippen MR) is 74.6 cm³/mol. The number of rotatable bonds is 3. The van der Waals surface area contributed by atoms with E-state index in [0.717, 1.165) is 12.1 Å². The van der Waals surface area contributed by atoms with Crippen LogP contribution in [0.15, 0.2) is 28.7 Å². The number of hydrogen-bond donors (Lipinski definition) is 2. The maximum absolute atomic E-state index is 14.1. The lowest BCUT2D eigenvalue weighted by atomic mass is 9.98. The van der Waals surface area contributed by atoms with Gasteiger partial charge in [0.15, 0.2) is 17.5 Å². The summed E-state index contributed by atoms with van der Waals surface area (Å²) < 4.78 is 54.5. The maximum Gasteiger partial charge on any atom is 0.194 e. The fourth-order valence-corrected chi connectivity index (χ4v) is 2.35. The summed E-state index contributed by atoms with van der Waals surface area (Å²) in [6, 6.07) is 3.22. The quantitative estimate of drug-likeness (QED) is 0.361. The van der Waals surface area contributed by atoms with Crippen LogP contribution in [-0.2, 0) is 0 Å². The van der Waals surface area contributed by atoms with Crippen LogP contribution in [-0.4, -0.2) is 0 Å². The van der Waals surface area contributed by atoms with Gasteiger partial charge in [-0.25, -0.2) is 23.0 Å².